The van der Waals surface area contributed by atoms with E-state index in [0.717, 1.165) is 12.0 Å². The minimum atomic E-state index is -0.366. The molecule has 0 unspecified atom stereocenters. The lowest BCUT2D eigenvalue weighted by atomic mass is 9.97. The van der Waals surface area contributed by atoms with Crippen molar-refractivity contribution in [2.75, 3.05) is 0 Å². The van der Waals surface area contributed by atoms with Gasteiger partial charge in [0.2, 0.25) is 0 Å². The fourth-order valence-electron chi connectivity index (χ4n) is 2.11. The van der Waals surface area contributed by atoms with Gasteiger partial charge in [0.05, 0.1) is 4.47 Å². The highest BCUT2D eigenvalue weighted by Gasteiger charge is 2.12. The zero-order valence-corrected chi connectivity index (χ0v) is 13.1. The second-order valence-electron chi connectivity index (χ2n) is 5.26. The zero-order chi connectivity index (χ0) is 14.7. The number of halogens is 2. The molecule has 1 nitrogen and oxygen atoms in total. The van der Waals surface area contributed by atoms with Gasteiger partial charge in [-0.05, 0) is 58.1 Å². The molecule has 2 aromatic rings. The van der Waals surface area contributed by atoms with E-state index >= 15 is 0 Å². The molecule has 3 heteroatoms. The van der Waals surface area contributed by atoms with Crippen molar-refractivity contribution in [2.24, 2.45) is 5.92 Å². The molecule has 20 heavy (non-hydrogen) atoms. The van der Waals surface area contributed by atoms with Gasteiger partial charge in [-0.3, -0.25) is 4.79 Å². The van der Waals surface area contributed by atoms with Crippen molar-refractivity contribution in [3.8, 4) is 0 Å². The normalized spacial score (nSPS) is 10.8. The number of carbonyl (C=O) groups excluding carboxylic acids is 1. The Labute approximate surface area is 127 Å². The zero-order valence-electron chi connectivity index (χ0n) is 11.5. The summed E-state index contributed by atoms with van der Waals surface area (Å²) < 4.78 is 13.5. The minimum Gasteiger partial charge on any atom is -0.289 e. The van der Waals surface area contributed by atoms with E-state index in [1.54, 1.807) is 6.07 Å². The van der Waals surface area contributed by atoms with Crippen molar-refractivity contribution < 1.29 is 9.18 Å². The van der Waals surface area contributed by atoms with Gasteiger partial charge >= 0.3 is 0 Å². The summed E-state index contributed by atoms with van der Waals surface area (Å²) in [6.45, 7) is 4.29. The summed E-state index contributed by atoms with van der Waals surface area (Å²) in [5, 5.41) is 0. The van der Waals surface area contributed by atoms with E-state index in [-0.39, 0.29) is 11.6 Å². The molecule has 0 atom stereocenters. The summed E-state index contributed by atoms with van der Waals surface area (Å²) in [7, 11) is 0. The van der Waals surface area contributed by atoms with Crippen molar-refractivity contribution >= 4 is 21.7 Å². The Kier molecular flexibility index (Phi) is 4.71. The van der Waals surface area contributed by atoms with Crippen LogP contribution in [0, 0.1) is 11.7 Å². The standard InChI is InChI=1S/C17H16BrFO/c1-11(2)8-12-4-3-5-13(9-12)17(20)14-6-7-16(19)15(18)10-14/h3-7,9-11H,8H2,1-2H3. The molecule has 0 aliphatic heterocycles. The van der Waals surface area contributed by atoms with Crippen molar-refractivity contribution in [3.63, 3.8) is 0 Å². The summed E-state index contributed by atoms with van der Waals surface area (Å²) in [5.74, 6) is 0.0896. The lowest BCUT2D eigenvalue weighted by molar-refractivity contribution is 0.103. The van der Waals surface area contributed by atoms with Crippen LogP contribution >= 0.6 is 15.9 Å². The highest BCUT2D eigenvalue weighted by Crippen LogP contribution is 2.20. The molecule has 0 bridgehead atoms. The van der Waals surface area contributed by atoms with Gasteiger partial charge < -0.3 is 0 Å². The smallest absolute Gasteiger partial charge is 0.193 e. The second-order valence-corrected chi connectivity index (χ2v) is 6.11. The van der Waals surface area contributed by atoms with Crippen molar-refractivity contribution in [3.05, 3.63) is 69.4 Å². The van der Waals surface area contributed by atoms with Gasteiger partial charge in [-0.25, -0.2) is 4.39 Å². The van der Waals surface area contributed by atoms with Gasteiger partial charge in [0.1, 0.15) is 5.82 Å². The van der Waals surface area contributed by atoms with Gasteiger partial charge in [0.25, 0.3) is 0 Å². The molecule has 0 heterocycles. The van der Waals surface area contributed by atoms with Crippen LogP contribution in [-0.4, -0.2) is 5.78 Å². The molecule has 0 saturated heterocycles. The third-order valence-electron chi connectivity index (χ3n) is 3.01. The maximum atomic E-state index is 13.2. The summed E-state index contributed by atoms with van der Waals surface area (Å²) in [4.78, 5) is 12.4. The molecule has 0 aliphatic rings. The van der Waals surface area contributed by atoms with Crippen LogP contribution < -0.4 is 0 Å². The molecule has 0 spiro atoms. The lowest BCUT2D eigenvalue weighted by Crippen LogP contribution is -2.03. The van der Waals surface area contributed by atoms with Crippen LogP contribution in [0.3, 0.4) is 0 Å². The van der Waals surface area contributed by atoms with Crippen molar-refractivity contribution in [1.29, 1.82) is 0 Å². The highest BCUT2D eigenvalue weighted by molar-refractivity contribution is 9.10. The monoisotopic (exact) mass is 334 g/mol. The molecule has 104 valence electrons. The molecule has 0 aliphatic carbocycles. The molecule has 0 saturated carbocycles. The Morgan fingerprint density at radius 3 is 2.50 bits per heavy atom. The largest absolute Gasteiger partial charge is 0.289 e. The predicted molar refractivity (Wildman–Crippen MR) is 82.5 cm³/mol. The van der Waals surface area contributed by atoms with Gasteiger partial charge in [0, 0.05) is 11.1 Å². The van der Waals surface area contributed by atoms with E-state index in [0.29, 0.717) is 21.5 Å². The van der Waals surface area contributed by atoms with Crippen LogP contribution in [0.15, 0.2) is 46.9 Å². The number of benzene rings is 2. The van der Waals surface area contributed by atoms with Crippen LogP contribution in [0.5, 0.6) is 0 Å². The fourth-order valence-corrected chi connectivity index (χ4v) is 2.49. The molecule has 0 fully saturated rings. The van der Waals surface area contributed by atoms with Crippen LogP contribution in [0.1, 0.15) is 35.3 Å². The Morgan fingerprint density at radius 1 is 1.15 bits per heavy atom. The Hall–Kier alpha value is -1.48. The average Bonchev–Trinajstić information content (AvgIpc) is 2.40. The van der Waals surface area contributed by atoms with E-state index in [2.05, 4.69) is 29.8 Å². The number of hydrogen-bond acceptors (Lipinski definition) is 1. The van der Waals surface area contributed by atoms with Crippen molar-refractivity contribution in [2.45, 2.75) is 20.3 Å². The van der Waals surface area contributed by atoms with E-state index in [4.69, 9.17) is 0 Å². The predicted octanol–water partition coefficient (Wildman–Crippen LogP) is 5.02. The summed E-state index contributed by atoms with van der Waals surface area (Å²) in [6.07, 6.45) is 0.939. The summed E-state index contributed by atoms with van der Waals surface area (Å²) >= 11 is 3.11. The molecule has 0 radical (unpaired) electrons. The van der Waals surface area contributed by atoms with E-state index in [1.165, 1.54) is 18.2 Å². The molecule has 0 amide bonds. The van der Waals surface area contributed by atoms with E-state index in [9.17, 15) is 9.18 Å². The number of ketones is 1. The molecular formula is C17H16BrFO. The molecule has 0 aromatic heterocycles. The average molecular weight is 335 g/mol. The maximum Gasteiger partial charge on any atom is 0.193 e. The van der Waals surface area contributed by atoms with Crippen molar-refractivity contribution in [1.82, 2.24) is 0 Å². The third kappa shape index (κ3) is 3.54. The van der Waals surface area contributed by atoms with Crippen LogP contribution in [-0.2, 0) is 6.42 Å². The maximum absolute atomic E-state index is 13.2. The van der Waals surface area contributed by atoms with Crippen LogP contribution in [0.25, 0.3) is 0 Å². The summed E-state index contributed by atoms with van der Waals surface area (Å²) in [6, 6.07) is 12.0. The highest BCUT2D eigenvalue weighted by atomic mass is 79.9. The first-order chi connectivity index (χ1) is 9.47. The quantitative estimate of drug-likeness (QED) is 0.717. The second kappa shape index (κ2) is 6.31. The summed E-state index contributed by atoms with van der Waals surface area (Å²) in [5.41, 5.74) is 2.27. The number of hydrogen-bond donors (Lipinski definition) is 0. The minimum absolute atomic E-state index is 0.0868. The lowest BCUT2D eigenvalue weighted by Gasteiger charge is -2.07. The van der Waals surface area contributed by atoms with E-state index in [1.807, 2.05) is 18.2 Å². The van der Waals surface area contributed by atoms with Gasteiger partial charge in [-0.15, -0.1) is 0 Å². The van der Waals surface area contributed by atoms with Crippen LogP contribution in [0.4, 0.5) is 4.39 Å². The number of carbonyl (C=O) groups is 1. The Bertz CT molecular complexity index is 635. The first-order valence-corrected chi connectivity index (χ1v) is 7.35. The Morgan fingerprint density at radius 2 is 1.85 bits per heavy atom. The third-order valence-corrected chi connectivity index (χ3v) is 3.62. The first-order valence-electron chi connectivity index (χ1n) is 6.56. The van der Waals surface area contributed by atoms with Gasteiger partial charge in [-0.2, -0.15) is 0 Å². The van der Waals surface area contributed by atoms with Gasteiger partial charge in [-0.1, -0.05) is 32.0 Å². The SMILES string of the molecule is CC(C)Cc1cccc(C(=O)c2ccc(F)c(Br)c2)c1. The molecule has 0 N–H and O–H groups in total. The first kappa shape index (κ1) is 14.9. The molecule has 2 rings (SSSR count). The Balaban J connectivity index is 2.30. The number of rotatable bonds is 4. The topological polar surface area (TPSA) is 17.1 Å². The van der Waals surface area contributed by atoms with Gasteiger partial charge in [0.15, 0.2) is 5.78 Å². The van der Waals surface area contributed by atoms with E-state index < -0.39 is 0 Å². The fraction of sp³-hybridized carbons (Fsp3) is 0.235. The van der Waals surface area contributed by atoms with Crippen LogP contribution in [0.2, 0.25) is 0 Å². The molecular weight excluding hydrogens is 319 g/mol. The molecule has 2 aromatic carbocycles.